The van der Waals surface area contributed by atoms with E-state index in [0.29, 0.717) is 23.7 Å². The number of nitrogens with zero attached hydrogens (tertiary/aromatic N) is 4. The molecule has 10 heteroatoms. The lowest BCUT2D eigenvalue weighted by Gasteiger charge is -2.28. The summed E-state index contributed by atoms with van der Waals surface area (Å²) in [6.45, 7) is 4.42. The summed E-state index contributed by atoms with van der Waals surface area (Å²) in [7, 11) is -3.99. The summed E-state index contributed by atoms with van der Waals surface area (Å²) in [5.74, 6) is -0.873. The average Bonchev–Trinajstić information content (AvgIpc) is 3.51. The second-order valence-corrected chi connectivity index (χ2v) is 11.8. The molecule has 1 fully saturated rings. The zero-order chi connectivity index (χ0) is 25.4. The highest BCUT2D eigenvalue weighted by atomic mass is 32.2. The maximum Gasteiger partial charge on any atom is 0.247 e. The number of fused-ring (bicyclic) bond motifs is 1. The Morgan fingerprint density at radius 2 is 1.89 bits per heavy atom. The van der Waals surface area contributed by atoms with Gasteiger partial charge in [-0.3, -0.25) is 14.7 Å². The van der Waals surface area contributed by atoms with Crippen molar-refractivity contribution in [3.63, 3.8) is 0 Å². The number of amides is 1. The van der Waals surface area contributed by atoms with Crippen LogP contribution in [0.2, 0.25) is 0 Å². The van der Waals surface area contributed by atoms with Crippen molar-refractivity contribution in [3.8, 4) is 0 Å². The smallest absolute Gasteiger partial charge is 0.247 e. The first-order valence-corrected chi connectivity index (χ1v) is 13.9. The lowest BCUT2D eigenvalue weighted by molar-refractivity contribution is -0.121. The van der Waals surface area contributed by atoms with Crippen LogP contribution >= 0.6 is 11.3 Å². The zero-order valence-corrected chi connectivity index (χ0v) is 21.5. The predicted molar refractivity (Wildman–Crippen MR) is 138 cm³/mol. The van der Waals surface area contributed by atoms with Crippen molar-refractivity contribution >= 4 is 42.6 Å². The van der Waals surface area contributed by atoms with Crippen LogP contribution in [0.25, 0.3) is 10.2 Å². The second kappa shape index (κ2) is 9.68. The van der Waals surface area contributed by atoms with Gasteiger partial charge in [0.1, 0.15) is 11.9 Å². The molecule has 0 aliphatic carbocycles. The Morgan fingerprint density at radius 3 is 2.61 bits per heavy atom. The first-order chi connectivity index (χ1) is 17.2. The molecule has 4 aromatic rings. The van der Waals surface area contributed by atoms with E-state index < -0.39 is 21.9 Å². The van der Waals surface area contributed by atoms with Crippen LogP contribution in [-0.4, -0.2) is 41.2 Å². The summed E-state index contributed by atoms with van der Waals surface area (Å²) >= 11 is 1.40. The zero-order valence-electron chi connectivity index (χ0n) is 19.9. The van der Waals surface area contributed by atoms with E-state index in [2.05, 4.69) is 11.1 Å². The third kappa shape index (κ3) is 4.63. The van der Waals surface area contributed by atoms with Crippen molar-refractivity contribution in [1.29, 1.82) is 0 Å². The van der Waals surface area contributed by atoms with Crippen molar-refractivity contribution in [1.82, 2.24) is 14.3 Å². The molecule has 0 bridgehead atoms. The number of carbonyl (C=O) groups is 1. The van der Waals surface area contributed by atoms with E-state index in [1.54, 1.807) is 17.2 Å². The van der Waals surface area contributed by atoms with Gasteiger partial charge in [0.15, 0.2) is 5.13 Å². The van der Waals surface area contributed by atoms with Gasteiger partial charge >= 0.3 is 0 Å². The SMILES string of the molecule is Cc1cc2nc(N(Cc3ccccn3)C(=O)C3CCCN3S(=O)(=O)c3ccc(F)cc3)sc2cc1C. The third-order valence-electron chi connectivity index (χ3n) is 6.44. The Hall–Kier alpha value is -3.21. The van der Waals surface area contributed by atoms with Gasteiger partial charge in [0.05, 0.1) is 27.4 Å². The normalized spacial score (nSPS) is 16.5. The molecule has 0 saturated carbocycles. The highest BCUT2D eigenvalue weighted by Crippen LogP contribution is 2.34. The quantitative estimate of drug-likeness (QED) is 0.361. The van der Waals surface area contributed by atoms with Crippen LogP contribution in [0.5, 0.6) is 0 Å². The number of hydrogen-bond acceptors (Lipinski definition) is 6. The number of thiazole rings is 1. The summed E-state index contributed by atoms with van der Waals surface area (Å²) < 4.78 is 42.4. The molecule has 1 aliphatic rings. The molecule has 7 nitrogen and oxygen atoms in total. The van der Waals surface area contributed by atoms with Gasteiger partial charge in [0.2, 0.25) is 15.9 Å². The molecule has 186 valence electrons. The van der Waals surface area contributed by atoms with Crippen LogP contribution in [0.15, 0.2) is 65.7 Å². The molecular formula is C26H25FN4O3S2. The third-order valence-corrected chi connectivity index (χ3v) is 9.41. The molecule has 1 amide bonds. The first-order valence-electron chi connectivity index (χ1n) is 11.6. The number of sulfonamides is 1. The fourth-order valence-corrected chi connectivity index (χ4v) is 7.07. The number of aromatic nitrogens is 2. The summed E-state index contributed by atoms with van der Waals surface area (Å²) in [5, 5.41) is 0.497. The highest BCUT2D eigenvalue weighted by Gasteiger charge is 2.42. The van der Waals surface area contributed by atoms with Crippen molar-refractivity contribution in [3.05, 3.63) is 83.4 Å². The molecule has 3 heterocycles. The van der Waals surface area contributed by atoms with E-state index in [4.69, 9.17) is 4.98 Å². The van der Waals surface area contributed by atoms with Gasteiger partial charge < -0.3 is 0 Å². The van der Waals surface area contributed by atoms with Crippen LogP contribution in [0.3, 0.4) is 0 Å². The van der Waals surface area contributed by atoms with Gasteiger partial charge in [-0.25, -0.2) is 17.8 Å². The molecule has 1 atom stereocenters. The number of pyridine rings is 1. The minimum atomic E-state index is -3.99. The molecule has 1 saturated heterocycles. The van der Waals surface area contributed by atoms with Gasteiger partial charge in [-0.2, -0.15) is 4.31 Å². The lowest BCUT2D eigenvalue weighted by atomic mass is 10.1. The molecular weight excluding hydrogens is 499 g/mol. The Bertz CT molecular complexity index is 1480. The highest BCUT2D eigenvalue weighted by molar-refractivity contribution is 7.89. The number of carbonyl (C=O) groups excluding carboxylic acids is 1. The molecule has 0 spiro atoms. The molecule has 2 aromatic carbocycles. The maximum atomic E-state index is 14.0. The Balaban J connectivity index is 1.53. The fraction of sp³-hybridized carbons (Fsp3) is 0.269. The molecule has 1 aliphatic heterocycles. The minimum Gasteiger partial charge on any atom is -0.281 e. The monoisotopic (exact) mass is 524 g/mol. The molecule has 1 unspecified atom stereocenters. The van der Waals surface area contributed by atoms with Crippen LogP contribution < -0.4 is 4.90 Å². The van der Waals surface area contributed by atoms with Crippen molar-refractivity contribution in [2.24, 2.45) is 0 Å². The van der Waals surface area contributed by atoms with Crippen LogP contribution in [0, 0.1) is 19.7 Å². The second-order valence-electron chi connectivity index (χ2n) is 8.87. The van der Waals surface area contributed by atoms with Crippen molar-refractivity contribution < 1.29 is 17.6 Å². The van der Waals surface area contributed by atoms with Gasteiger partial charge in [0.25, 0.3) is 0 Å². The van der Waals surface area contributed by atoms with Crippen LogP contribution in [-0.2, 0) is 21.4 Å². The van der Waals surface area contributed by atoms with E-state index in [0.717, 1.165) is 33.5 Å². The number of aryl methyl sites for hydroxylation is 2. The van der Waals surface area contributed by atoms with Crippen LogP contribution in [0.1, 0.15) is 29.7 Å². The minimum absolute atomic E-state index is 0.0363. The molecule has 2 aromatic heterocycles. The fourth-order valence-electron chi connectivity index (χ4n) is 4.37. The van der Waals surface area contributed by atoms with Crippen LogP contribution in [0.4, 0.5) is 9.52 Å². The van der Waals surface area contributed by atoms with E-state index >= 15 is 0 Å². The van der Waals surface area contributed by atoms with Gasteiger partial charge in [-0.1, -0.05) is 17.4 Å². The largest absolute Gasteiger partial charge is 0.281 e. The van der Waals surface area contributed by atoms with Crippen molar-refractivity contribution in [2.45, 2.75) is 44.2 Å². The number of halogens is 1. The van der Waals surface area contributed by atoms with Gasteiger partial charge in [-0.15, -0.1) is 0 Å². The Kier molecular flexibility index (Phi) is 6.59. The van der Waals surface area contributed by atoms with E-state index in [1.807, 2.05) is 32.0 Å². The maximum absolute atomic E-state index is 14.0. The lowest BCUT2D eigenvalue weighted by Crippen LogP contribution is -2.47. The Labute approximate surface area is 213 Å². The number of rotatable bonds is 6. The molecule has 5 rings (SSSR count). The van der Waals surface area contributed by atoms with E-state index in [9.17, 15) is 17.6 Å². The number of benzene rings is 2. The number of hydrogen-bond donors (Lipinski definition) is 0. The standard InChI is InChI=1S/C26H25FN4O3S2/c1-17-14-22-24(15-18(17)2)35-26(29-22)30(16-20-6-3-4-12-28-20)25(32)23-7-5-13-31(23)36(33,34)21-10-8-19(27)9-11-21/h3-4,6,8-12,14-15,23H,5,7,13,16H2,1-2H3. The van der Waals surface area contributed by atoms with Crippen molar-refractivity contribution in [2.75, 3.05) is 11.4 Å². The summed E-state index contributed by atoms with van der Waals surface area (Å²) in [6, 6.07) is 13.3. The molecule has 36 heavy (non-hydrogen) atoms. The summed E-state index contributed by atoms with van der Waals surface area (Å²) in [5.41, 5.74) is 3.70. The van der Waals surface area contributed by atoms with E-state index in [1.165, 1.54) is 27.8 Å². The molecule has 0 radical (unpaired) electrons. The summed E-state index contributed by atoms with van der Waals surface area (Å²) in [4.78, 5) is 24.6. The molecule has 0 N–H and O–H groups in total. The summed E-state index contributed by atoms with van der Waals surface area (Å²) in [6.07, 6.45) is 2.59. The number of anilines is 1. The average molecular weight is 525 g/mol. The first kappa shape index (κ1) is 24.5. The Morgan fingerprint density at radius 1 is 1.14 bits per heavy atom. The van der Waals surface area contributed by atoms with E-state index in [-0.39, 0.29) is 23.9 Å². The topological polar surface area (TPSA) is 83.5 Å². The predicted octanol–water partition coefficient (Wildman–Crippen LogP) is 4.83. The van der Waals surface area contributed by atoms with Gasteiger partial charge in [0, 0.05) is 12.7 Å². The van der Waals surface area contributed by atoms with Gasteiger partial charge in [-0.05, 0) is 86.3 Å².